The SMILES string of the molecule is CC(=O)Nc1ccc(/C=C(\C#N)C(N)=NC(=N)c2ccccc2)cc1. The lowest BCUT2D eigenvalue weighted by Crippen LogP contribution is -2.16. The van der Waals surface area contributed by atoms with Crippen molar-refractivity contribution in [1.82, 2.24) is 0 Å². The lowest BCUT2D eigenvalue weighted by atomic mass is 10.1. The number of hydrogen-bond acceptors (Lipinski definition) is 3. The Bertz CT molecular complexity index is 874. The quantitative estimate of drug-likeness (QED) is 0.454. The van der Waals surface area contributed by atoms with E-state index in [9.17, 15) is 10.1 Å². The molecule has 1 amide bonds. The number of nitrogens with zero attached hydrogens (tertiary/aromatic N) is 2. The number of hydrogen-bond donors (Lipinski definition) is 3. The number of amidine groups is 2. The standard InChI is InChI=1S/C19H17N5O/c1-13(25)23-17-9-7-14(8-10-17)11-16(12-20)19(22)24-18(21)15-5-3-2-4-6-15/h2-11H,1H3,(H,23,25)(H3,21,22,24)/b16-11+. The van der Waals surface area contributed by atoms with E-state index in [0.717, 1.165) is 5.56 Å². The van der Waals surface area contributed by atoms with Crippen LogP contribution in [0, 0.1) is 16.7 Å². The molecule has 2 rings (SSSR count). The van der Waals surface area contributed by atoms with Crippen LogP contribution in [0.1, 0.15) is 18.1 Å². The van der Waals surface area contributed by atoms with Crippen molar-refractivity contribution in [2.24, 2.45) is 10.7 Å². The van der Waals surface area contributed by atoms with Crippen molar-refractivity contribution in [2.75, 3.05) is 5.32 Å². The second-order valence-corrected chi connectivity index (χ2v) is 5.18. The minimum absolute atomic E-state index is 0.0137. The molecule has 2 aromatic carbocycles. The van der Waals surface area contributed by atoms with Crippen LogP contribution in [-0.4, -0.2) is 17.6 Å². The van der Waals surface area contributed by atoms with Crippen LogP contribution in [0.4, 0.5) is 5.69 Å². The molecule has 6 nitrogen and oxygen atoms in total. The molecule has 0 atom stereocenters. The zero-order valence-corrected chi connectivity index (χ0v) is 13.7. The van der Waals surface area contributed by atoms with Gasteiger partial charge in [-0.25, -0.2) is 4.99 Å². The molecule has 0 bridgehead atoms. The van der Waals surface area contributed by atoms with Gasteiger partial charge in [0.1, 0.15) is 11.9 Å². The fraction of sp³-hybridized carbons (Fsp3) is 0.0526. The maximum atomic E-state index is 11.0. The van der Waals surface area contributed by atoms with E-state index in [2.05, 4.69) is 10.3 Å². The number of amides is 1. The highest BCUT2D eigenvalue weighted by Crippen LogP contribution is 2.13. The molecule has 6 heteroatoms. The van der Waals surface area contributed by atoms with Crippen LogP contribution < -0.4 is 11.1 Å². The molecular formula is C19H17N5O. The Morgan fingerprint density at radius 1 is 1.20 bits per heavy atom. The molecule has 0 radical (unpaired) electrons. The first-order valence-corrected chi connectivity index (χ1v) is 7.47. The lowest BCUT2D eigenvalue weighted by molar-refractivity contribution is -0.114. The first-order chi connectivity index (χ1) is 12.0. The summed E-state index contributed by atoms with van der Waals surface area (Å²) in [4.78, 5) is 15.0. The highest BCUT2D eigenvalue weighted by Gasteiger charge is 2.06. The van der Waals surface area contributed by atoms with Crippen molar-refractivity contribution < 1.29 is 4.79 Å². The zero-order valence-electron chi connectivity index (χ0n) is 13.7. The van der Waals surface area contributed by atoms with Crippen LogP contribution >= 0.6 is 0 Å². The van der Waals surface area contributed by atoms with E-state index < -0.39 is 0 Å². The summed E-state index contributed by atoms with van der Waals surface area (Å²) in [6, 6.07) is 17.9. The van der Waals surface area contributed by atoms with Crippen molar-refractivity contribution in [3.63, 3.8) is 0 Å². The molecule has 0 saturated carbocycles. The highest BCUT2D eigenvalue weighted by molar-refractivity contribution is 6.13. The van der Waals surface area contributed by atoms with Gasteiger partial charge in [-0.05, 0) is 23.8 Å². The van der Waals surface area contributed by atoms with Gasteiger partial charge in [0.25, 0.3) is 0 Å². The number of aliphatic imine (C=N–C) groups is 1. The van der Waals surface area contributed by atoms with Crippen LogP contribution in [0.2, 0.25) is 0 Å². The molecule has 124 valence electrons. The van der Waals surface area contributed by atoms with Crippen molar-refractivity contribution in [3.8, 4) is 6.07 Å². The van der Waals surface area contributed by atoms with Gasteiger partial charge >= 0.3 is 0 Å². The summed E-state index contributed by atoms with van der Waals surface area (Å²) in [5, 5.41) is 19.9. The van der Waals surface area contributed by atoms with Gasteiger partial charge in [0.15, 0.2) is 5.84 Å². The van der Waals surface area contributed by atoms with E-state index in [-0.39, 0.29) is 23.2 Å². The summed E-state index contributed by atoms with van der Waals surface area (Å²) >= 11 is 0. The molecule has 0 unspecified atom stereocenters. The Morgan fingerprint density at radius 2 is 1.84 bits per heavy atom. The molecular weight excluding hydrogens is 314 g/mol. The van der Waals surface area contributed by atoms with E-state index in [0.29, 0.717) is 11.3 Å². The normalized spacial score (nSPS) is 11.5. The molecule has 0 saturated heterocycles. The van der Waals surface area contributed by atoms with Gasteiger partial charge in [0.05, 0.1) is 5.57 Å². The highest BCUT2D eigenvalue weighted by atomic mass is 16.1. The predicted octanol–water partition coefficient (Wildman–Crippen LogP) is 2.93. The Morgan fingerprint density at radius 3 is 2.40 bits per heavy atom. The second kappa shape index (κ2) is 8.22. The Labute approximate surface area is 145 Å². The van der Waals surface area contributed by atoms with Crippen molar-refractivity contribution in [1.29, 1.82) is 10.7 Å². The molecule has 0 spiro atoms. The average molecular weight is 331 g/mol. The third kappa shape index (κ3) is 5.15. The van der Waals surface area contributed by atoms with E-state index in [1.54, 1.807) is 54.6 Å². The predicted molar refractivity (Wildman–Crippen MR) is 99.2 cm³/mol. The number of carbonyl (C=O) groups is 1. The molecule has 0 aliphatic heterocycles. The molecule has 25 heavy (non-hydrogen) atoms. The molecule has 4 N–H and O–H groups in total. The topological polar surface area (TPSA) is 115 Å². The van der Waals surface area contributed by atoms with E-state index in [1.807, 2.05) is 12.1 Å². The third-order valence-corrected chi connectivity index (χ3v) is 3.22. The summed E-state index contributed by atoms with van der Waals surface area (Å²) in [6.45, 7) is 1.43. The maximum Gasteiger partial charge on any atom is 0.221 e. The number of anilines is 1. The number of nitriles is 1. The first-order valence-electron chi connectivity index (χ1n) is 7.47. The minimum Gasteiger partial charge on any atom is -0.383 e. The van der Waals surface area contributed by atoms with E-state index in [4.69, 9.17) is 11.1 Å². The number of nitrogens with one attached hydrogen (secondary N) is 2. The van der Waals surface area contributed by atoms with E-state index in [1.165, 1.54) is 6.92 Å². The van der Waals surface area contributed by atoms with Crippen molar-refractivity contribution >= 4 is 29.3 Å². The van der Waals surface area contributed by atoms with Crippen LogP contribution in [0.25, 0.3) is 6.08 Å². The van der Waals surface area contributed by atoms with Gasteiger partial charge in [-0.3, -0.25) is 10.2 Å². The number of nitrogens with two attached hydrogens (primary N) is 1. The summed E-state index contributed by atoms with van der Waals surface area (Å²) < 4.78 is 0. The van der Waals surface area contributed by atoms with Gasteiger partial charge in [0.2, 0.25) is 5.91 Å². The molecule has 0 aliphatic carbocycles. The number of rotatable bonds is 4. The summed E-state index contributed by atoms with van der Waals surface area (Å²) in [5.41, 5.74) is 8.04. The van der Waals surface area contributed by atoms with Crippen LogP contribution in [0.5, 0.6) is 0 Å². The number of benzene rings is 2. The fourth-order valence-corrected chi connectivity index (χ4v) is 2.04. The van der Waals surface area contributed by atoms with Crippen molar-refractivity contribution in [3.05, 3.63) is 71.3 Å². The van der Waals surface area contributed by atoms with Gasteiger partial charge in [-0.15, -0.1) is 0 Å². The average Bonchev–Trinajstić information content (AvgIpc) is 2.61. The maximum absolute atomic E-state index is 11.0. The molecule has 0 aliphatic rings. The number of carbonyl (C=O) groups excluding carboxylic acids is 1. The molecule has 0 aromatic heterocycles. The van der Waals surface area contributed by atoms with Gasteiger partial charge in [0, 0.05) is 18.2 Å². The minimum atomic E-state index is -0.156. The largest absolute Gasteiger partial charge is 0.383 e. The summed E-state index contributed by atoms with van der Waals surface area (Å²) in [7, 11) is 0. The van der Waals surface area contributed by atoms with Gasteiger partial charge in [-0.1, -0.05) is 42.5 Å². The monoisotopic (exact) mass is 331 g/mol. The van der Waals surface area contributed by atoms with Crippen LogP contribution in [0.3, 0.4) is 0 Å². The lowest BCUT2D eigenvalue weighted by Gasteiger charge is -2.03. The summed E-state index contributed by atoms with van der Waals surface area (Å²) in [5.74, 6) is -0.195. The van der Waals surface area contributed by atoms with E-state index >= 15 is 0 Å². The Balaban J connectivity index is 2.21. The molecule has 0 heterocycles. The molecule has 2 aromatic rings. The smallest absolute Gasteiger partial charge is 0.221 e. The first kappa shape index (κ1) is 17.6. The zero-order chi connectivity index (χ0) is 18.2. The van der Waals surface area contributed by atoms with Gasteiger partial charge in [-0.2, -0.15) is 5.26 Å². The van der Waals surface area contributed by atoms with Crippen molar-refractivity contribution in [2.45, 2.75) is 6.92 Å². The van der Waals surface area contributed by atoms with Crippen LogP contribution in [-0.2, 0) is 4.79 Å². The third-order valence-electron chi connectivity index (χ3n) is 3.22. The van der Waals surface area contributed by atoms with Crippen LogP contribution in [0.15, 0.2) is 65.2 Å². The van der Waals surface area contributed by atoms with Gasteiger partial charge < -0.3 is 11.1 Å². The second-order valence-electron chi connectivity index (χ2n) is 5.18. The Hall–Kier alpha value is -3.72. The Kier molecular flexibility index (Phi) is 5.80. The molecule has 0 fully saturated rings. The fourth-order valence-electron chi connectivity index (χ4n) is 2.04. The summed E-state index contributed by atoms with van der Waals surface area (Å²) in [6.07, 6.45) is 1.58.